The zero-order chi connectivity index (χ0) is 18.6. The molecule has 0 aliphatic rings. The van der Waals surface area contributed by atoms with Crippen molar-refractivity contribution < 1.29 is 14.1 Å². The first-order valence-electron chi connectivity index (χ1n) is 7.37. The average molecular weight is 348 g/mol. The van der Waals surface area contributed by atoms with Gasteiger partial charge in [0.05, 0.1) is 17.2 Å². The zero-order valence-corrected chi connectivity index (χ0v) is 13.7. The summed E-state index contributed by atoms with van der Waals surface area (Å²) in [7, 11) is 3.53. The minimum atomic E-state index is -0.742. The fourth-order valence-electron chi connectivity index (χ4n) is 2.34. The average Bonchev–Trinajstić information content (AvgIpc) is 2.54. The number of hydrogen-bond acceptors (Lipinski definition) is 5. The van der Waals surface area contributed by atoms with Crippen molar-refractivity contribution in [2.45, 2.75) is 6.04 Å². The molecule has 0 saturated heterocycles. The number of rotatable bonds is 6. The second-order valence-corrected chi connectivity index (χ2v) is 5.60. The highest BCUT2D eigenvalue weighted by Gasteiger charge is 2.19. The summed E-state index contributed by atoms with van der Waals surface area (Å²) in [5.41, 5.74) is -0.821. The summed E-state index contributed by atoms with van der Waals surface area (Å²) in [5.74, 6) is -1.14. The van der Waals surface area contributed by atoms with Crippen LogP contribution in [0.25, 0.3) is 0 Å². The fourth-order valence-corrected chi connectivity index (χ4v) is 2.34. The third-order valence-corrected chi connectivity index (χ3v) is 3.66. The van der Waals surface area contributed by atoms with E-state index in [0.29, 0.717) is 5.56 Å². The van der Waals surface area contributed by atoms with E-state index < -0.39 is 22.2 Å². The number of nitrogens with one attached hydrogen (secondary N) is 2. The molecule has 0 bridgehead atoms. The molecule has 2 rings (SSSR count). The molecule has 0 spiro atoms. The maximum absolute atomic E-state index is 13.4. The molecule has 25 heavy (non-hydrogen) atoms. The van der Waals surface area contributed by atoms with Crippen molar-refractivity contribution in [3.63, 3.8) is 0 Å². The van der Waals surface area contributed by atoms with Gasteiger partial charge in [-0.2, -0.15) is 0 Å². The molecule has 2 N–H and O–H groups in total. The molecule has 1 aromatic heterocycles. The third-order valence-electron chi connectivity index (χ3n) is 3.66. The summed E-state index contributed by atoms with van der Waals surface area (Å²) in [4.78, 5) is 38.0. The van der Waals surface area contributed by atoms with E-state index in [1.165, 1.54) is 12.1 Å². The quantitative estimate of drug-likeness (QED) is 0.607. The molecule has 9 heteroatoms. The number of H-pyrrole nitrogens is 1. The largest absolute Gasteiger partial charge is 0.350 e. The molecule has 1 atom stereocenters. The van der Waals surface area contributed by atoms with Crippen molar-refractivity contribution >= 4 is 11.6 Å². The standard InChI is InChI=1S/C16H17FN4O4/c1-20(2)14(10-4-3-5-11(17)6-10)9-19-16(23)13-7-12(21(24)25)8-18-15(13)22/h3-8,14H,9H2,1-2H3,(H,18,22)(H,19,23)/t14-/m1/s1. The molecule has 0 aliphatic heterocycles. The molecule has 8 nitrogen and oxygen atoms in total. The molecule has 0 unspecified atom stereocenters. The van der Waals surface area contributed by atoms with Crippen molar-refractivity contribution in [2.75, 3.05) is 20.6 Å². The summed E-state index contributed by atoms with van der Waals surface area (Å²) in [5, 5.41) is 13.3. The lowest BCUT2D eigenvalue weighted by molar-refractivity contribution is -0.385. The van der Waals surface area contributed by atoms with Crippen LogP contribution < -0.4 is 10.9 Å². The first-order chi connectivity index (χ1) is 11.8. The number of hydrogen-bond donors (Lipinski definition) is 2. The highest BCUT2D eigenvalue weighted by Crippen LogP contribution is 2.18. The normalized spacial score (nSPS) is 12.0. The molecule has 0 fully saturated rings. The molecule has 1 aromatic carbocycles. The number of pyridine rings is 1. The Balaban J connectivity index is 2.18. The molecule has 2 aromatic rings. The Bertz CT molecular complexity index is 850. The van der Waals surface area contributed by atoms with Crippen molar-refractivity contribution in [1.82, 2.24) is 15.2 Å². The maximum atomic E-state index is 13.4. The number of nitrogens with zero attached hydrogens (tertiary/aromatic N) is 2. The Kier molecular flexibility index (Phi) is 5.60. The number of benzene rings is 1. The SMILES string of the molecule is CN(C)[C@H](CNC(=O)c1cc([N+](=O)[O-])c[nH]c1=O)c1cccc(F)c1. The van der Waals surface area contributed by atoms with Crippen LogP contribution in [0.4, 0.5) is 10.1 Å². The van der Waals surface area contributed by atoms with Gasteiger partial charge in [-0.25, -0.2) is 4.39 Å². The molecule has 0 radical (unpaired) electrons. The monoisotopic (exact) mass is 348 g/mol. The minimum Gasteiger partial charge on any atom is -0.350 e. The number of likely N-dealkylation sites (N-methyl/N-ethyl adjacent to an activating group) is 1. The zero-order valence-electron chi connectivity index (χ0n) is 13.7. The van der Waals surface area contributed by atoms with E-state index in [9.17, 15) is 24.1 Å². The van der Waals surface area contributed by atoms with E-state index in [0.717, 1.165) is 12.3 Å². The van der Waals surface area contributed by atoms with Gasteiger partial charge in [-0.3, -0.25) is 19.7 Å². The second-order valence-electron chi connectivity index (χ2n) is 5.60. The molecule has 0 aliphatic carbocycles. The van der Waals surface area contributed by atoms with E-state index >= 15 is 0 Å². The van der Waals surface area contributed by atoms with Crippen LogP contribution in [0.15, 0.2) is 41.3 Å². The van der Waals surface area contributed by atoms with Crippen LogP contribution in [-0.4, -0.2) is 41.4 Å². The Morgan fingerprint density at radius 3 is 2.72 bits per heavy atom. The highest BCUT2D eigenvalue weighted by molar-refractivity contribution is 5.94. The van der Waals surface area contributed by atoms with E-state index in [-0.39, 0.29) is 23.8 Å². The van der Waals surface area contributed by atoms with Crippen LogP contribution in [0.5, 0.6) is 0 Å². The summed E-state index contributed by atoms with van der Waals surface area (Å²) in [6.45, 7) is 0.0947. The number of halogens is 1. The van der Waals surface area contributed by atoms with Gasteiger partial charge < -0.3 is 15.2 Å². The molecule has 0 saturated carbocycles. The maximum Gasteiger partial charge on any atom is 0.286 e. The Morgan fingerprint density at radius 1 is 1.40 bits per heavy atom. The second kappa shape index (κ2) is 7.67. The molecule has 132 valence electrons. The third kappa shape index (κ3) is 4.48. The number of aromatic nitrogens is 1. The lowest BCUT2D eigenvalue weighted by Crippen LogP contribution is -2.36. The highest BCUT2D eigenvalue weighted by atomic mass is 19.1. The van der Waals surface area contributed by atoms with Gasteiger partial charge in [0.15, 0.2) is 0 Å². The lowest BCUT2D eigenvalue weighted by Gasteiger charge is -2.25. The van der Waals surface area contributed by atoms with Gasteiger partial charge in [-0.05, 0) is 31.8 Å². The smallest absolute Gasteiger partial charge is 0.286 e. The van der Waals surface area contributed by atoms with Crippen molar-refractivity contribution in [3.8, 4) is 0 Å². The van der Waals surface area contributed by atoms with E-state index in [4.69, 9.17) is 0 Å². The van der Waals surface area contributed by atoms with Gasteiger partial charge in [0, 0.05) is 12.6 Å². The van der Waals surface area contributed by atoms with Crippen LogP contribution in [-0.2, 0) is 0 Å². The van der Waals surface area contributed by atoms with Crippen LogP contribution in [0.1, 0.15) is 22.0 Å². The summed E-state index contributed by atoms with van der Waals surface area (Å²) in [6, 6.07) is 6.54. The number of nitro groups is 1. The van der Waals surface area contributed by atoms with E-state index in [1.807, 2.05) is 0 Å². The number of carbonyl (C=O) groups is 1. The topological polar surface area (TPSA) is 108 Å². The predicted molar refractivity (Wildman–Crippen MR) is 88.9 cm³/mol. The molecule has 1 heterocycles. The Labute approximate surface area is 142 Å². The van der Waals surface area contributed by atoms with Gasteiger partial charge in [-0.15, -0.1) is 0 Å². The van der Waals surface area contributed by atoms with Crippen LogP contribution >= 0.6 is 0 Å². The van der Waals surface area contributed by atoms with Gasteiger partial charge in [0.1, 0.15) is 11.4 Å². The Morgan fingerprint density at radius 2 is 2.12 bits per heavy atom. The van der Waals surface area contributed by atoms with Crippen LogP contribution in [0.3, 0.4) is 0 Å². The molecular weight excluding hydrogens is 331 g/mol. The first-order valence-corrected chi connectivity index (χ1v) is 7.37. The number of aromatic amines is 1. The lowest BCUT2D eigenvalue weighted by atomic mass is 10.1. The minimum absolute atomic E-state index is 0.0947. The number of amides is 1. The van der Waals surface area contributed by atoms with Crippen molar-refractivity contribution in [2.24, 2.45) is 0 Å². The summed E-state index contributed by atoms with van der Waals surface area (Å²) >= 11 is 0. The molecular formula is C16H17FN4O4. The first kappa shape index (κ1) is 18.3. The van der Waals surface area contributed by atoms with Gasteiger partial charge >= 0.3 is 0 Å². The predicted octanol–water partition coefficient (Wildman–Crippen LogP) is 1.45. The van der Waals surface area contributed by atoms with Crippen molar-refractivity contribution in [1.29, 1.82) is 0 Å². The van der Waals surface area contributed by atoms with Crippen LogP contribution in [0, 0.1) is 15.9 Å². The van der Waals surface area contributed by atoms with Gasteiger partial charge in [0.25, 0.3) is 17.2 Å². The van der Waals surface area contributed by atoms with Crippen LogP contribution in [0.2, 0.25) is 0 Å². The fraction of sp³-hybridized carbons (Fsp3) is 0.250. The summed E-state index contributed by atoms with van der Waals surface area (Å²) < 4.78 is 13.4. The molecule has 1 amide bonds. The summed E-state index contributed by atoms with van der Waals surface area (Å²) in [6.07, 6.45) is 0.925. The number of carbonyl (C=O) groups excluding carboxylic acids is 1. The van der Waals surface area contributed by atoms with Gasteiger partial charge in [-0.1, -0.05) is 12.1 Å². The Hall–Kier alpha value is -3.07. The van der Waals surface area contributed by atoms with E-state index in [1.54, 1.807) is 31.1 Å². The van der Waals surface area contributed by atoms with Crippen molar-refractivity contribution in [3.05, 3.63) is 73.9 Å². The van der Waals surface area contributed by atoms with E-state index in [2.05, 4.69) is 10.3 Å². The van der Waals surface area contributed by atoms with Gasteiger partial charge in [0.2, 0.25) is 0 Å².